The number of hydrogen-bond acceptors (Lipinski definition) is 4. The number of aromatic nitrogens is 2. The van der Waals surface area contributed by atoms with Gasteiger partial charge in [-0.1, -0.05) is 46.6 Å². The van der Waals surface area contributed by atoms with Crippen molar-refractivity contribution >= 4 is 5.91 Å². The number of likely N-dealkylation sites (tertiary alicyclic amines) is 1. The third-order valence-electron chi connectivity index (χ3n) is 5.10. The maximum Gasteiger partial charge on any atom is 0.254 e. The maximum atomic E-state index is 13.1. The molecule has 138 valence electrons. The molecule has 5 heteroatoms. The van der Waals surface area contributed by atoms with E-state index in [1.54, 1.807) is 0 Å². The van der Waals surface area contributed by atoms with Gasteiger partial charge < -0.3 is 9.42 Å². The molecule has 0 saturated carbocycles. The van der Waals surface area contributed by atoms with E-state index < -0.39 is 0 Å². The number of rotatable bonds is 3. The predicted octanol–water partition coefficient (Wildman–Crippen LogP) is 4.64. The van der Waals surface area contributed by atoms with Crippen LogP contribution < -0.4 is 0 Å². The van der Waals surface area contributed by atoms with Crippen LogP contribution in [0.2, 0.25) is 0 Å². The Morgan fingerprint density at radius 1 is 1.11 bits per heavy atom. The first-order valence-corrected chi connectivity index (χ1v) is 9.32. The summed E-state index contributed by atoms with van der Waals surface area (Å²) in [6, 6.07) is 13.8. The van der Waals surface area contributed by atoms with E-state index in [0.717, 1.165) is 40.7 Å². The SMILES string of the molecule is Cc1cc(C)cc(C(=O)N2CCC[C@@H]2c2nc(-c3ccccc3C)no2)c1. The van der Waals surface area contributed by atoms with Crippen LogP contribution in [-0.4, -0.2) is 27.5 Å². The standard InChI is InChI=1S/C22H23N3O2/c1-14-11-15(2)13-17(12-14)22(26)25-10-6-9-19(25)21-23-20(24-27-21)18-8-5-4-7-16(18)3/h4-5,7-8,11-13,19H,6,9-10H2,1-3H3/t19-/m1/s1. The Hall–Kier alpha value is -2.95. The number of aryl methyl sites for hydroxylation is 3. The topological polar surface area (TPSA) is 59.2 Å². The third kappa shape index (κ3) is 3.37. The zero-order chi connectivity index (χ0) is 19.0. The van der Waals surface area contributed by atoms with E-state index in [-0.39, 0.29) is 11.9 Å². The molecule has 0 N–H and O–H groups in total. The monoisotopic (exact) mass is 361 g/mol. The highest BCUT2D eigenvalue weighted by molar-refractivity contribution is 5.95. The lowest BCUT2D eigenvalue weighted by Gasteiger charge is -2.22. The largest absolute Gasteiger partial charge is 0.337 e. The smallest absolute Gasteiger partial charge is 0.254 e. The van der Waals surface area contributed by atoms with E-state index in [9.17, 15) is 4.79 Å². The molecular weight excluding hydrogens is 338 g/mol. The number of amides is 1. The second-order valence-corrected chi connectivity index (χ2v) is 7.30. The molecule has 0 bridgehead atoms. The van der Waals surface area contributed by atoms with Crippen LogP contribution in [0.4, 0.5) is 0 Å². The molecule has 4 rings (SSSR count). The fraction of sp³-hybridized carbons (Fsp3) is 0.318. The van der Waals surface area contributed by atoms with E-state index in [4.69, 9.17) is 4.52 Å². The summed E-state index contributed by atoms with van der Waals surface area (Å²) in [4.78, 5) is 19.6. The quantitative estimate of drug-likeness (QED) is 0.682. The normalized spacial score (nSPS) is 16.7. The fourth-order valence-corrected chi connectivity index (χ4v) is 3.83. The molecule has 0 spiro atoms. The van der Waals surface area contributed by atoms with Gasteiger partial charge in [0.15, 0.2) is 0 Å². The Bertz CT molecular complexity index is 972. The Labute approximate surface area is 159 Å². The van der Waals surface area contributed by atoms with Crippen molar-refractivity contribution in [2.45, 2.75) is 39.7 Å². The molecule has 0 radical (unpaired) electrons. The van der Waals surface area contributed by atoms with E-state index in [1.165, 1.54) is 0 Å². The lowest BCUT2D eigenvalue weighted by molar-refractivity contribution is 0.0710. The number of carbonyl (C=O) groups is 1. The number of benzene rings is 2. The minimum Gasteiger partial charge on any atom is -0.337 e. The highest BCUT2D eigenvalue weighted by atomic mass is 16.5. The summed E-state index contributed by atoms with van der Waals surface area (Å²) >= 11 is 0. The van der Waals surface area contributed by atoms with Crippen molar-refractivity contribution in [3.05, 3.63) is 70.6 Å². The van der Waals surface area contributed by atoms with Crippen LogP contribution in [-0.2, 0) is 0 Å². The van der Waals surface area contributed by atoms with Crippen molar-refractivity contribution in [1.29, 1.82) is 0 Å². The van der Waals surface area contributed by atoms with Crippen molar-refractivity contribution in [2.24, 2.45) is 0 Å². The molecule has 5 nitrogen and oxygen atoms in total. The number of hydrogen-bond donors (Lipinski definition) is 0. The summed E-state index contributed by atoms with van der Waals surface area (Å²) in [5.41, 5.74) is 4.96. The summed E-state index contributed by atoms with van der Waals surface area (Å²) in [6.07, 6.45) is 1.77. The van der Waals surface area contributed by atoms with E-state index in [2.05, 4.69) is 16.2 Å². The fourth-order valence-electron chi connectivity index (χ4n) is 3.83. The Kier molecular flexibility index (Phi) is 4.52. The lowest BCUT2D eigenvalue weighted by atomic mass is 10.1. The summed E-state index contributed by atoms with van der Waals surface area (Å²) in [6.45, 7) is 6.75. The molecule has 0 aliphatic carbocycles. The van der Waals surface area contributed by atoms with Crippen molar-refractivity contribution < 1.29 is 9.32 Å². The van der Waals surface area contributed by atoms with Gasteiger partial charge in [-0.15, -0.1) is 0 Å². The van der Waals surface area contributed by atoms with E-state index >= 15 is 0 Å². The highest BCUT2D eigenvalue weighted by Crippen LogP contribution is 2.33. The number of carbonyl (C=O) groups excluding carboxylic acids is 1. The zero-order valence-electron chi connectivity index (χ0n) is 15.9. The van der Waals surface area contributed by atoms with Gasteiger partial charge in [-0.05, 0) is 51.3 Å². The van der Waals surface area contributed by atoms with Gasteiger partial charge in [-0.2, -0.15) is 4.98 Å². The van der Waals surface area contributed by atoms with Crippen LogP contribution in [0.25, 0.3) is 11.4 Å². The summed E-state index contributed by atoms with van der Waals surface area (Å²) < 4.78 is 5.57. The van der Waals surface area contributed by atoms with E-state index in [1.807, 2.05) is 62.1 Å². The third-order valence-corrected chi connectivity index (χ3v) is 5.10. The maximum absolute atomic E-state index is 13.1. The molecule has 27 heavy (non-hydrogen) atoms. The van der Waals surface area contributed by atoms with Gasteiger partial charge >= 0.3 is 0 Å². The highest BCUT2D eigenvalue weighted by Gasteiger charge is 2.34. The van der Waals surface area contributed by atoms with Gasteiger partial charge in [-0.3, -0.25) is 4.79 Å². The van der Waals surface area contributed by atoms with Gasteiger partial charge in [0.2, 0.25) is 11.7 Å². The predicted molar refractivity (Wildman–Crippen MR) is 103 cm³/mol. The van der Waals surface area contributed by atoms with Crippen LogP contribution >= 0.6 is 0 Å². The Morgan fingerprint density at radius 2 is 1.85 bits per heavy atom. The van der Waals surface area contributed by atoms with Gasteiger partial charge in [-0.25, -0.2) is 0 Å². The zero-order valence-corrected chi connectivity index (χ0v) is 15.9. The molecule has 1 aliphatic heterocycles. The molecule has 2 heterocycles. The summed E-state index contributed by atoms with van der Waals surface area (Å²) in [5, 5.41) is 4.16. The van der Waals surface area contributed by atoms with Crippen LogP contribution in [0.1, 0.15) is 51.8 Å². The van der Waals surface area contributed by atoms with E-state index in [0.29, 0.717) is 18.3 Å². The molecule has 1 atom stereocenters. The Morgan fingerprint density at radius 3 is 2.59 bits per heavy atom. The van der Waals surface area contributed by atoms with Gasteiger partial charge in [0.05, 0.1) is 0 Å². The first-order chi connectivity index (χ1) is 13.0. The molecular formula is C22H23N3O2. The second-order valence-electron chi connectivity index (χ2n) is 7.30. The summed E-state index contributed by atoms with van der Waals surface area (Å²) in [5.74, 6) is 1.12. The lowest BCUT2D eigenvalue weighted by Crippen LogP contribution is -2.30. The van der Waals surface area contributed by atoms with Gasteiger partial charge in [0.1, 0.15) is 6.04 Å². The number of nitrogens with zero attached hydrogens (tertiary/aromatic N) is 3. The van der Waals surface area contributed by atoms with Crippen molar-refractivity contribution in [2.75, 3.05) is 6.54 Å². The molecule has 1 aliphatic rings. The molecule has 1 amide bonds. The molecule has 2 aromatic carbocycles. The minimum absolute atomic E-state index is 0.0277. The van der Waals surface area contributed by atoms with Crippen LogP contribution in [0.15, 0.2) is 47.0 Å². The van der Waals surface area contributed by atoms with Crippen LogP contribution in [0, 0.1) is 20.8 Å². The second kappa shape index (κ2) is 6.99. The van der Waals surface area contributed by atoms with Crippen molar-refractivity contribution in [3.8, 4) is 11.4 Å². The first kappa shape index (κ1) is 17.5. The minimum atomic E-state index is -0.163. The van der Waals surface area contributed by atoms with Gasteiger partial charge in [0.25, 0.3) is 5.91 Å². The van der Waals surface area contributed by atoms with Crippen LogP contribution in [0.3, 0.4) is 0 Å². The van der Waals surface area contributed by atoms with Gasteiger partial charge in [0, 0.05) is 17.7 Å². The average Bonchev–Trinajstić information content (AvgIpc) is 3.30. The van der Waals surface area contributed by atoms with Crippen LogP contribution in [0.5, 0.6) is 0 Å². The molecule has 1 saturated heterocycles. The summed E-state index contributed by atoms with van der Waals surface area (Å²) in [7, 11) is 0. The average molecular weight is 361 g/mol. The van der Waals surface area contributed by atoms with Crippen molar-refractivity contribution in [3.63, 3.8) is 0 Å². The van der Waals surface area contributed by atoms with Crippen molar-refractivity contribution in [1.82, 2.24) is 15.0 Å². The molecule has 1 fully saturated rings. The molecule has 3 aromatic rings. The first-order valence-electron chi connectivity index (χ1n) is 9.32. The Balaban J connectivity index is 1.62. The molecule has 0 unspecified atom stereocenters. The molecule has 1 aromatic heterocycles.